The molecule has 0 saturated carbocycles. The van der Waals surface area contributed by atoms with Crippen molar-refractivity contribution in [3.05, 3.63) is 74.6 Å². The molecule has 1 amide bonds. The molecule has 1 atom stereocenters. The minimum atomic E-state index is -0.538. The topological polar surface area (TPSA) is 76.8 Å². The van der Waals surface area contributed by atoms with Crippen LogP contribution in [0.3, 0.4) is 0 Å². The summed E-state index contributed by atoms with van der Waals surface area (Å²) >= 11 is 3.34. The van der Waals surface area contributed by atoms with Crippen molar-refractivity contribution in [2.24, 2.45) is 5.92 Å². The van der Waals surface area contributed by atoms with E-state index in [0.29, 0.717) is 16.5 Å². The first kappa shape index (κ1) is 19.4. The van der Waals surface area contributed by atoms with Crippen LogP contribution in [0.1, 0.15) is 17.5 Å². The molecule has 1 fully saturated rings. The first-order chi connectivity index (χ1) is 13.9. The second-order valence-electron chi connectivity index (χ2n) is 7.08. The molecule has 0 bridgehead atoms. The first-order valence-electron chi connectivity index (χ1n) is 9.16. The number of nitrogens with zero attached hydrogens (tertiary/aromatic N) is 1. The minimum absolute atomic E-state index is 0.0578. The van der Waals surface area contributed by atoms with Gasteiger partial charge in [-0.2, -0.15) is 0 Å². The molecule has 2 heterocycles. The molecule has 0 N–H and O–H groups in total. The van der Waals surface area contributed by atoms with Gasteiger partial charge in [-0.3, -0.25) is 9.59 Å². The Labute approximate surface area is 175 Å². The Kier molecular flexibility index (Phi) is 5.24. The van der Waals surface area contributed by atoms with Crippen LogP contribution in [-0.2, 0) is 20.9 Å². The van der Waals surface area contributed by atoms with E-state index in [1.54, 1.807) is 17.0 Å². The number of anilines is 1. The summed E-state index contributed by atoms with van der Waals surface area (Å²) in [6.07, 6.45) is 0.108. The molecule has 7 heteroatoms. The van der Waals surface area contributed by atoms with Crippen LogP contribution >= 0.6 is 15.9 Å². The zero-order valence-corrected chi connectivity index (χ0v) is 17.3. The van der Waals surface area contributed by atoms with Crippen LogP contribution in [0, 0.1) is 12.8 Å². The highest BCUT2D eigenvalue weighted by Gasteiger charge is 2.36. The first-order valence-corrected chi connectivity index (χ1v) is 9.96. The summed E-state index contributed by atoms with van der Waals surface area (Å²) in [6.45, 7) is 2.20. The highest BCUT2D eigenvalue weighted by atomic mass is 79.9. The maximum absolute atomic E-state index is 12.6. The molecular weight excluding hydrogens is 438 g/mol. The van der Waals surface area contributed by atoms with Gasteiger partial charge in [0, 0.05) is 40.1 Å². The lowest BCUT2D eigenvalue weighted by atomic mass is 10.1. The molecular formula is C22H18BrNO5. The number of hydrogen-bond acceptors (Lipinski definition) is 5. The van der Waals surface area contributed by atoms with Gasteiger partial charge in [0.1, 0.15) is 12.2 Å². The summed E-state index contributed by atoms with van der Waals surface area (Å²) in [7, 11) is 0. The summed E-state index contributed by atoms with van der Waals surface area (Å²) in [5, 5.41) is 0.699. The van der Waals surface area contributed by atoms with Gasteiger partial charge >= 0.3 is 11.6 Å². The van der Waals surface area contributed by atoms with Gasteiger partial charge in [0.05, 0.1) is 5.92 Å². The number of fused-ring (bicyclic) bond motifs is 1. The summed E-state index contributed by atoms with van der Waals surface area (Å²) in [5.74, 6) is -1.10. The van der Waals surface area contributed by atoms with E-state index in [2.05, 4.69) is 15.9 Å². The van der Waals surface area contributed by atoms with Crippen molar-refractivity contribution in [3.8, 4) is 0 Å². The van der Waals surface area contributed by atoms with Crippen molar-refractivity contribution < 1.29 is 18.7 Å². The summed E-state index contributed by atoms with van der Waals surface area (Å²) in [6, 6.07) is 14.2. The summed E-state index contributed by atoms with van der Waals surface area (Å²) < 4.78 is 11.4. The second-order valence-corrected chi connectivity index (χ2v) is 8.00. The molecule has 0 aliphatic carbocycles. The zero-order valence-electron chi connectivity index (χ0n) is 15.7. The lowest BCUT2D eigenvalue weighted by Gasteiger charge is -2.16. The number of rotatable bonds is 4. The Morgan fingerprint density at radius 2 is 1.93 bits per heavy atom. The van der Waals surface area contributed by atoms with Crippen LogP contribution in [0.5, 0.6) is 0 Å². The number of aryl methyl sites for hydroxylation is 1. The van der Waals surface area contributed by atoms with Crippen molar-refractivity contribution in [2.45, 2.75) is 20.0 Å². The van der Waals surface area contributed by atoms with Gasteiger partial charge in [-0.15, -0.1) is 0 Å². The van der Waals surface area contributed by atoms with E-state index in [4.69, 9.17) is 9.15 Å². The molecule has 0 spiro atoms. The molecule has 1 saturated heterocycles. The van der Waals surface area contributed by atoms with E-state index >= 15 is 0 Å². The fourth-order valence-electron chi connectivity index (χ4n) is 3.43. The average molecular weight is 456 g/mol. The predicted molar refractivity (Wildman–Crippen MR) is 112 cm³/mol. The van der Waals surface area contributed by atoms with Gasteiger partial charge < -0.3 is 14.1 Å². The lowest BCUT2D eigenvalue weighted by Crippen LogP contribution is -2.26. The number of carbonyl (C=O) groups is 2. The molecule has 2 aromatic carbocycles. The fraction of sp³-hybridized carbons (Fsp3) is 0.227. The molecule has 1 aliphatic rings. The number of carbonyl (C=O) groups excluding carboxylic acids is 2. The smallest absolute Gasteiger partial charge is 0.336 e. The van der Waals surface area contributed by atoms with E-state index in [1.807, 2.05) is 37.3 Å². The van der Waals surface area contributed by atoms with Crippen molar-refractivity contribution in [2.75, 3.05) is 11.4 Å². The molecule has 6 nitrogen and oxygen atoms in total. The van der Waals surface area contributed by atoms with Crippen LogP contribution in [0.15, 0.2) is 62.2 Å². The largest absolute Gasteiger partial charge is 0.461 e. The van der Waals surface area contributed by atoms with Gasteiger partial charge in [-0.1, -0.05) is 33.6 Å². The molecule has 4 rings (SSSR count). The molecule has 29 heavy (non-hydrogen) atoms. The van der Waals surface area contributed by atoms with Crippen molar-refractivity contribution in [1.29, 1.82) is 0 Å². The van der Waals surface area contributed by atoms with Crippen LogP contribution in [-0.4, -0.2) is 18.4 Å². The monoisotopic (exact) mass is 455 g/mol. The van der Waals surface area contributed by atoms with Crippen molar-refractivity contribution >= 4 is 44.5 Å². The standard InChI is InChI=1S/C22H18BrNO5/c1-13-2-5-17(6-3-13)24-11-14(8-20(24)25)22(27)28-12-15-9-21(26)29-19-10-16(23)4-7-18(15)19/h2-7,9-10,14H,8,11-12H2,1H3. The number of hydrogen-bond donors (Lipinski definition) is 0. The maximum Gasteiger partial charge on any atom is 0.336 e. The van der Waals surface area contributed by atoms with Gasteiger partial charge in [-0.25, -0.2) is 4.79 Å². The third-order valence-corrected chi connectivity index (χ3v) is 5.46. The number of halogens is 1. The average Bonchev–Trinajstić information content (AvgIpc) is 3.07. The third kappa shape index (κ3) is 4.10. The Morgan fingerprint density at radius 3 is 2.69 bits per heavy atom. The molecule has 1 unspecified atom stereocenters. The third-order valence-electron chi connectivity index (χ3n) is 4.97. The quantitative estimate of drug-likeness (QED) is 0.439. The Balaban J connectivity index is 1.47. The minimum Gasteiger partial charge on any atom is -0.461 e. The van der Waals surface area contributed by atoms with Crippen LogP contribution in [0.4, 0.5) is 5.69 Å². The van der Waals surface area contributed by atoms with Crippen LogP contribution in [0.2, 0.25) is 0 Å². The van der Waals surface area contributed by atoms with E-state index in [-0.39, 0.29) is 25.5 Å². The predicted octanol–water partition coefficient (Wildman–Crippen LogP) is 3.96. The molecule has 0 radical (unpaired) electrons. The fourth-order valence-corrected chi connectivity index (χ4v) is 3.77. The normalized spacial score (nSPS) is 16.4. The second kappa shape index (κ2) is 7.83. The molecule has 1 aromatic heterocycles. The Morgan fingerprint density at radius 1 is 1.17 bits per heavy atom. The number of esters is 1. The van der Waals surface area contributed by atoms with Crippen LogP contribution < -0.4 is 10.5 Å². The SMILES string of the molecule is Cc1ccc(N2CC(C(=O)OCc3cc(=O)oc4cc(Br)ccc34)CC2=O)cc1. The van der Waals surface area contributed by atoms with Gasteiger partial charge in [0.25, 0.3) is 0 Å². The molecule has 3 aromatic rings. The maximum atomic E-state index is 12.6. The number of benzene rings is 2. The van der Waals surface area contributed by atoms with E-state index in [0.717, 1.165) is 15.7 Å². The molecule has 1 aliphatic heterocycles. The summed E-state index contributed by atoms with van der Waals surface area (Å²) in [5.41, 5.74) is 2.34. The van der Waals surface area contributed by atoms with Gasteiger partial charge in [-0.05, 0) is 37.3 Å². The summed E-state index contributed by atoms with van der Waals surface area (Å²) in [4.78, 5) is 38.3. The lowest BCUT2D eigenvalue weighted by molar-refractivity contribution is -0.149. The Hall–Kier alpha value is -2.93. The van der Waals surface area contributed by atoms with Gasteiger partial charge in [0.15, 0.2) is 0 Å². The van der Waals surface area contributed by atoms with Gasteiger partial charge in [0.2, 0.25) is 5.91 Å². The number of ether oxygens (including phenoxy) is 1. The van der Waals surface area contributed by atoms with E-state index < -0.39 is 17.5 Å². The Bertz CT molecular complexity index is 1150. The van der Waals surface area contributed by atoms with Crippen molar-refractivity contribution in [1.82, 2.24) is 0 Å². The van der Waals surface area contributed by atoms with E-state index in [9.17, 15) is 14.4 Å². The zero-order chi connectivity index (χ0) is 20.5. The number of amides is 1. The molecule has 148 valence electrons. The highest BCUT2D eigenvalue weighted by molar-refractivity contribution is 9.10. The van der Waals surface area contributed by atoms with E-state index in [1.165, 1.54) is 6.07 Å². The van der Waals surface area contributed by atoms with Crippen molar-refractivity contribution in [3.63, 3.8) is 0 Å². The highest BCUT2D eigenvalue weighted by Crippen LogP contribution is 2.27. The van der Waals surface area contributed by atoms with Crippen LogP contribution in [0.25, 0.3) is 11.0 Å².